The smallest absolute Gasteiger partial charge is 0.240 e. The predicted octanol–water partition coefficient (Wildman–Crippen LogP) is 3.18. The number of ether oxygens (including phenoxy) is 2. The van der Waals surface area contributed by atoms with Crippen molar-refractivity contribution in [3.05, 3.63) is 51.6 Å². The Bertz CT molecular complexity index is 760. The highest BCUT2D eigenvalue weighted by atomic mass is 127. The van der Waals surface area contributed by atoms with Crippen LogP contribution < -0.4 is 14.2 Å². The average Bonchev–Trinajstić information content (AvgIpc) is 2.54. The normalized spacial score (nSPS) is 11.3. The minimum atomic E-state index is -3.57. The van der Waals surface area contributed by atoms with Crippen LogP contribution in [0.25, 0.3) is 0 Å². The van der Waals surface area contributed by atoms with Gasteiger partial charge in [0.25, 0.3) is 0 Å². The van der Waals surface area contributed by atoms with Crippen molar-refractivity contribution in [2.45, 2.75) is 18.4 Å². The van der Waals surface area contributed by atoms with Crippen LogP contribution in [0.15, 0.2) is 47.4 Å². The Morgan fingerprint density at radius 3 is 2.39 bits per heavy atom. The molecular formula is C16H18INO4S. The number of nitrogens with one attached hydrogen (secondary N) is 1. The van der Waals surface area contributed by atoms with Gasteiger partial charge in [-0.2, -0.15) is 0 Å². The molecule has 0 amide bonds. The van der Waals surface area contributed by atoms with Crippen LogP contribution >= 0.6 is 22.6 Å². The minimum absolute atomic E-state index is 0.216. The first kappa shape index (κ1) is 18.0. The number of hydrogen-bond donors (Lipinski definition) is 1. The fraction of sp³-hybridized carbons (Fsp3) is 0.250. The zero-order chi connectivity index (χ0) is 16.9. The lowest BCUT2D eigenvalue weighted by Gasteiger charge is -2.10. The first-order valence-electron chi connectivity index (χ1n) is 7.01. The molecular weight excluding hydrogens is 429 g/mol. The number of rotatable bonds is 7. The first-order chi connectivity index (χ1) is 11.0. The first-order valence-corrected chi connectivity index (χ1v) is 9.57. The molecule has 0 spiro atoms. The average molecular weight is 447 g/mol. The molecule has 23 heavy (non-hydrogen) atoms. The molecule has 0 saturated carbocycles. The van der Waals surface area contributed by atoms with E-state index >= 15 is 0 Å². The molecule has 7 heteroatoms. The van der Waals surface area contributed by atoms with Gasteiger partial charge in [0.05, 0.1) is 22.2 Å². The molecule has 1 N–H and O–H groups in total. The fourth-order valence-corrected chi connectivity index (χ4v) is 3.94. The van der Waals surface area contributed by atoms with Crippen molar-refractivity contribution in [1.82, 2.24) is 4.72 Å². The van der Waals surface area contributed by atoms with Gasteiger partial charge in [0.1, 0.15) is 11.5 Å². The minimum Gasteiger partial charge on any atom is -0.496 e. The van der Waals surface area contributed by atoms with Crippen LogP contribution in [0.1, 0.15) is 12.5 Å². The maximum Gasteiger partial charge on any atom is 0.240 e. The molecule has 2 aromatic rings. The van der Waals surface area contributed by atoms with Crippen molar-refractivity contribution in [3.63, 3.8) is 0 Å². The second kappa shape index (κ2) is 7.98. The molecule has 124 valence electrons. The van der Waals surface area contributed by atoms with Crippen molar-refractivity contribution in [3.8, 4) is 11.5 Å². The zero-order valence-corrected chi connectivity index (χ0v) is 15.8. The number of sulfonamides is 1. The van der Waals surface area contributed by atoms with Crippen LogP contribution in [0.3, 0.4) is 0 Å². The Balaban J connectivity index is 2.07. The largest absolute Gasteiger partial charge is 0.496 e. The summed E-state index contributed by atoms with van der Waals surface area (Å²) >= 11 is 2.05. The molecule has 2 aromatic carbocycles. The summed E-state index contributed by atoms with van der Waals surface area (Å²) < 4.78 is 38.5. The van der Waals surface area contributed by atoms with Gasteiger partial charge < -0.3 is 9.47 Å². The molecule has 0 fully saturated rings. The van der Waals surface area contributed by atoms with Crippen molar-refractivity contribution >= 4 is 32.6 Å². The van der Waals surface area contributed by atoms with Gasteiger partial charge in [0.2, 0.25) is 10.0 Å². The molecule has 0 aliphatic rings. The maximum atomic E-state index is 12.3. The van der Waals surface area contributed by atoms with Crippen LogP contribution in [0.2, 0.25) is 0 Å². The van der Waals surface area contributed by atoms with E-state index in [4.69, 9.17) is 9.47 Å². The Hall–Kier alpha value is -1.32. The topological polar surface area (TPSA) is 64.6 Å². The third-order valence-electron chi connectivity index (χ3n) is 3.13. The number of methoxy groups -OCH3 is 1. The summed E-state index contributed by atoms with van der Waals surface area (Å²) in [4.78, 5) is 0.216. The summed E-state index contributed by atoms with van der Waals surface area (Å²) in [5, 5.41) is 0. The van der Waals surface area contributed by atoms with E-state index in [-0.39, 0.29) is 11.4 Å². The lowest BCUT2D eigenvalue weighted by atomic mass is 10.2. The van der Waals surface area contributed by atoms with Crippen molar-refractivity contribution < 1.29 is 17.9 Å². The highest BCUT2D eigenvalue weighted by Crippen LogP contribution is 2.24. The van der Waals surface area contributed by atoms with Crippen molar-refractivity contribution in [1.29, 1.82) is 0 Å². The molecule has 0 unspecified atom stereocenters. The maximum absolute atomic E-state index is 12.3. The van der Waals surface area contributed by atoms with Gasteiger partial charge >= 0.3 is 0 Å². The Morgan fingerprint density at radius 1 is 1.13 bits per heavy atom. The Morgan fingerprint density at radius 2 is 1.83 bits per heavy atom. The van der Waals surface area contributed by atoms with E-state index in [9.17, 15) is 8.42 Å². The van der Waals surface area contributed by atoms with Gasteiger partial charge in [-0.3, -0.25) is 0 Å². The molecule has 2 rings (SSSR count). The summed E-state index contributed by atoms with van der Waals surface area (Å²) in [6, 6.07) is 12.1. The third-order valence-corrected chi connectivity index (χ3v) is 5.38. The standard InChI is InChI=1S/C16H18INO4S/c1-3-22-13-6-4-12(5-7-13)11-18-23(19,20)14-8-9-16(21-2)15(17)10-14/h4-10,18H,3,11H2,1-2H3. The van der Waals surface area contributed by atoms with Crippen LogP contribution in [0.5, 0.6) is 11.5 Å². The Kier molecular flexibility index (Phi) is 6.25. The summed E-state index contributed by atoms with van der Waals surface area (Å²) in [7, 11) is -2.02. The molecule has 0 aromatic heterocycles. The summed E-state index contributed by atoms with van der Waals surface area (Å²) in [5.41, 5.74) is 0.861. The van der Waals surface area contributed by atoms with E-state index in [1.54, 1.807) is 19.2 Å². The molecule has 0 radical (unpaired) electrons. The Labute approximate surface area is 150 Å². The van der Waals surface area contributed by atoms with Crippen LogP contribution in [0, 0.1) is 3.57 Å². The van der Waals surface area contributed by atoms with Crippen LogP contribution in [-0.2, 0) is 16.6 Å². The van der Waals surface area contributed by atoms with Gasteiger partial charge in [0, 0.05) is 6.54 Å². The van der Waals surface area contributed by atoms with Gasteiger partial charge in [-0.25, -0.2) is 13.1 Å². The van der Waals surface area contributed by atoms with Gasteiger partial charge in [-0.15, -0.1) is 0 Å². The zero-order valence-electron chi connectivity index (χ0n) is 12.9. The summed E-state index contributed by atoms with van der Waals surface area (Å²) in [6.07, 6.45) is 0. The van der Waals surface area contributed by atoms with Crippen molar-refractivity contribution in [2.75, 3.05) is 13.7 Å². The highest BCUT2D eigenvalue weighted by molar-refractivity contribution is 14.1. The van der Waals surface area contributed by atoms with Gasteiger partial charge in [0.15, 0.2) is 0 Å². The lowest BCUT2D eigenvalue weighted by Crippen LogP contribution is -2.23. The monoisotopic (exact) mass is 447 g/mol. The van der Waals surface area contributed by atoms with Crippen LogP contribution in [-0.4, -0.2) is 22.1 Å². The quantitative estimate of drug-likeness (QED) is 0.663. The highest BCUT2D eigenvalue weighted by Gasteiger charge is 2.15. The number of hydrogen-bond acceptors (Lipinski definition) is 4. The van der Waals surface area contributed by atoms with E-state index in [0.29, 0.717) is 12.4 Å². The van der Waals surface area contributed by atoms with E-state index < -0.39 is 10.0 Å². The molecule has 0 aliphatic heterocycles. The van der Waals surface area contributed by atoms with Crippen molar-refractivity contribution in [2.24, 2.45) is 0 Å². The van der Waals surface area contributed by atoms with Gasteiger partial charge in [-0.1, -0.05) is 12.1 Å². The van der Waals surface area contributed by atoms with Crippen LogP contribution in [0.4, 0.5) is 0 Å². The summed E-state index contributed by atoms with van der Waals surface area (Å²) in [6.45, 7) is 2.73. The van der Waals surface area contributed by atoms with E-state index in [2.05, 4.69) is 4.72 Å². The van der Waals surface area contributed by atoms with E-state index in [1.165, 1.54) is 6.07 Å². The van der Waals surface area contributed by atoms with E-state index in [1.807, 2.05) is 53.8 Å². The number of halogens is 1. The predicted molar refractivity (Wildman–Crippen MR) is 97.3 cm³/mol. The second-order valence-electron chi connectivity index (χ2n) is 4.70. The third kappa shape index (κ3) is 4.82. The number of benzene rings is 2. The van der Waals surface area contributed by atoms with Gasteiger partial charge in [-0.05, 0) is 65.4 Å². The molecule has 0 bridgehead atoms. The molecule has 0 saturated heterocycles. The SMILES string of the molecule is CCOc1ccc(CNS(=O)(=O)c2ccc(OC)c(I)c2)cc1. The lowest BCUT2D eigenvalue weighted by molar-refractivity contribution is 0.340. The molecule has 0 aliphatic carbocycles. The molecule has 0 heterocycles. The fourth-order valence-electron chi connectivity index (χ4n) is 1.95. The second-order valence-corrected chi connectivity index (χ2v) is 7.63. The van der Waals surface area contributed by atoms with E-state index in [0.717, 1.165) is 14.9 Å². The molecule has 5 nitrogen and oxygen atoms in total. The molecule has 0 atom stereocenters. The summed E-state index contributed by atoms with van der Waals surface area (Å²) in [5.74, 6) is 1.42.